The van der Waals surface area contributed by atoms with Gasteiger partial charge in [-0.1, -0.05) is 6.07 Å². The summed E-state index contributed by atoms with van der Waals surface area (Å²) in [4.78, 5) is 13.4. The van der Waals surface area contributed by atoms with E-state index in [4.69, 9.17) is 9.52 Å². The van der Waals surface area contributed by atoms with Crippen LogP contribution in [-0.4, -0.2) is 21.8 Å². The molecule has 0 fully saturated rings. The molecule has 1 unspecified atom stereocenters. The fourth-order valence-electron chi connectivity index (χ4n) is 1.62. The number of aliphatic hydroxyl groups excluding tert-OH is 2. The molecule has 0 spiro atoms. The maximum Gasteiger partial charge on any atom is 0.417 e. The average Bonchev–Trinajstić information content (AvgIpc) is 2.64. The minimum absolute atomic E-state index is 0.0541. The predicted octanol–water partition coefficient (Wildman–Crippen LogP) is 0.927. The highest BCUT2D eigenvalue weighted by Gasteiger charge is 2.09. The van der Waals surface area contributed by atoms with Crippen LogP contribution >= 0.6 is 0 Å². The summed E-state index contributed by atoms with van der Waals surface area (Å²) < 4.78 is 4.89. The molecule has 0 aliphatic heterocycles. The number of hydrogen-bond donors (Lipinski definition) is 3. The highest BCUT2D eigenvalue weighted by atomic mass is 16.4. The van der Waals surface area contributed by atoms with Crippen molar-refractivity contribution in [1.82, 2.24) is 4.98 Å². The highest BCUT2D eigenvalue weighted by molar-refractivity contribution is 5.72. The van der Waals surface area contributed by atoms with Crippen LogP contribution in [0.1, 0.15) is 24.5 Å². The Labute approximate surface area is 91.3 Å². The fourth-order valence-corrected chi connectivity index (χ4v) is 1.62. The van der Waals surface area contributed by atoms with Gasteiger partial charge in [-0.3, -0.25) is 4.98 Å². The van der Waals surface area contributed by atoms with E-state index in [1.165, 1.54) is 0 Å². The van der Waals surface area contributed by atoms with Gasteiger partial charge in [-0.2, -0.15) is 0 Å². The van der Waals surface area contributed by atoms with Gasteiger partial charge in [0.15, 0.2) is 5.58 Å². The van der Waals surface area contributed by atoms with E-state index in [0.29, 0.717) is 29.5 Å². The molecule has 86 valence electrons. The number of aromatic amines is 1. The smallest absolute Gasteiger partial charge is 0.408 e. The molecule has 0 aliphatic carbocycles. The van der Waals surface area contributed by atoms with Gasteiger partial charge in [-0.25, -0.2) is 4.79 Å². The number of benzene rings is 1. The van der Waals surface area contributed by atoms with Gasteiger partial charge in [-0.15, -0.1) is 0 Å². The van der Waals surface area contributed by atoms with E-state index in [1.807, 2.05) is 0 Å². The van der Waals surface area contributed by atoms with Crippen molar-refractivity contribution >= 4 is 11.1 Å². The molecule has 5 nitrogen and oxygen atoms in total. The van der Waals surface area contributed by atoms with Crippen molar-refractivity contribution in [3.05, 3.63) is 34.3 Å². The number of nitrogens with one attached hydrogen (secondary N) is 1. The molecule has 0 bridgehead atoms. The quantitative estimate of drug-likeness (QED) is 0.719. The SMILES string of the molecule is O=c1[nH]c2ccc(C(O)CCCO)cc2o1. The third-order valence-electron chi connectivity index (χ3n) is 2.47. The van der Waals surface area contributed by atoms with Crippen LogP contribution in [-0.2, 0) is 0 Å². The fraction of sp³-hybridized carbons (Fsp3) is 0.364. The van der Waals surface area contributed by atoms with E-state index in [2.05, 4.69) is 4.98 Å². The third kappa shape index (κ3) is 2.15. The lowest BCUT2D eigenvalue weighted by atomic mass is 10.0. The zero-order valence-corrected chi connectivity index (χ0v) is 8.64. The second-order valence-corrected chi connectivity index (χ2v) is 3.65. The summed E-state index contributed by atoms with van der Waals surface area (Å²) in [6.45, 7) is 0.0541. The van der Waals surface area contributed by atoms with Crippen LogP contribution in [0.3, 0.4) is 0 Å². The molecule has 1 aromatic carbocycles. The van der Waals surface area contributed by atoms with Crippen LogP contribution in [0.25, 0.3) is 11.1 Å². The van der Waals surface area contributed by atoms with Gasteiger partial charge in [0.05, 0.1) is 11.6 Å². The number of aliphatic hydroxyl groups is 2. The van der Waals surface area contributed by atoms with Crippen LogP contribution in [0.4, 0.5) is 0 Å². The second kappa shape index (κ2) is 4.51. The molecule has 1 heterocycles. The molecule has 5 heteroatoms. The highest BCUT2D eigenvalue weighted by Crippen LogP contribution is 2.21. The number of oxazole rings is 1. The summed E-state index contributed by atoms with van der Waals surface area (Å²) in [5.41, 5.74) is 1.73. The van der Waals surface area contributed by atoms with Crippen molar-refractivity contribution in [2.24, 2.45) is 0 Å². The Bertz CT molecular complexity index is 528. The van der Waals surface area contributed by atoms with Crippen LogP contribution < -0.4 is 5.76 Å². The molecule has 16 heavy (non-hydrogen) atoms. The van der Waals surface area contributed by atoms with Gasteiger partial charge >= 0.3 is 5.76 Å². The van der Waals surface area contributed by atoms with Gasteiger partial charge in [0, 0.05) is 6.61 Å². The van der Waals surface area contributed by atoms with Crippen molar-refractivity contribution in [2.45, 2.75) is 18.9 Å². The first-order valence-corrected chi connectivity index (χ1v) is 5.12. The predicted molar refractivity (Wildman–Crippen MR) is 58.1 cm³/mol. The largest absolute Gasteiger partial charge is 0.417 e. The first-order chi connectivity index (χ1) is 7.70. The summed E-state index contributed by atoms with van der Waals surface area (Å²) in [7, 11) is 0. The lowest BCUT2D eigenvalue weighted by Crippen LogP contribution is -1.98. The van der Waals surface area contributed by atoms with Crippen molar-refractivity contribution in [1.29, 1.82) is 0 Å². The molecule has 0 saturated heterocycles. The minimum atomic E-state index is -0.642. The molecule has 1 atom stereocenters. The molecule has 0 saturated carbocycles. The van der Waals surface area contributed by atoms with Crippen LogP contribution in [0, 0.1) is 0 Å². The molecule has 2 aromatic rings. The number of hydrogen-bond acceptors (Lipinski definition) is 4. The van der Waals surface area contributed by atoms with Gasteiger partial charge in [-0.05, 0) is 30.5 Å². The Balaban J connectivity index is 2.27. The number of rotatable bonds is 4. The Kier molecular flexibility index (Phi) is 3.07. The molecular weight excluding hydrogens is 210 g/mol. The van der Waals surface area contributed by atoms with E-state index >= 15 is 0 Å². The van der Waals surface area contributed by atoms with Crippen molar-refractivity contribution in [3.63, 3.8) is 0 Å². The lowest BCUT2D eigenvalue weighted by molar-refractivity contribution is 0.152. The molecule has 1 aromatic heterocycles. The Morgan fingerprint density at radius 2 is 2.25 bits per heavy atom. The zero-order chi connectivity index (χ0) is 11.5. The Hall–Kier alpha value is -1.59. The van der Waals surface area contributed by atoms with Crippen molar-refractivity contribution in [3.8, 4) is 0 Å². The first kappa shape index (κ1) is 10.9. The summed E-state index contributed by atoms with van der Waals surface area (Å²) >= 11 is 0. The zero-order valence-electron chi connectivity index (χ0n) is 8.64. The third-order valence-corrected chi connectivity index (χ3v) is 2.47. The van der Waals surface area contributed by atoms with E-state index < -0.39 is 11.9 Å². The standard InChI is InChI=1S/C11H13NO4/c13-5-1-2-9(14)7-3-4-8-10(6-7)16-11(15)12-8/h3-4,6,9,13-14H,1-2,5H2,(H,12,15). The van der Waals surface area contributed by atoms with Crippen LogP contribution in [0.2, 0.25) is 0 Å². The number of H-pyrrole nitrogens is 1. The second-order valence-electron chi connectivity index (χ2n) is 3.65. The summed E-state index contributed by atoms with van der Waals surface area (Å²) in [5.74, 6) is -0.503. The van der Waals surface area contributed by atoms with E-state index in [1.54, 1.807) is 18.2 Å². The van der Waals surface area contributed by atoms with E-state index in [-0.39, 0.29) is 6.61 Å². The summed E-state index contributed by atoms with van der Waals surface area (Å²) in [6, 6.07) is 5.06. The van der Waals surface area contributed by atoms with Gasteiger partial charge in [0.25, 0.3) is 0 Å². The Morgan fingerprint density at radius 1 is 1.44 bits per heavy atom. The molecule has 3 N–H and O–H groups in total. The molecule has 0 aliphatic rings. The average molecular weight is 223 g/mol. The van der Waals surface area contributed by atoms with E-state index in [9.17, 15) is 9.90 Å². The van der Waals surface area contributed by atoms with Crippen molar-refractivity contribution in [2.75, 3.05) is 6.61 Å². The van der Waals surface area contributed by atoms with Gasteiger partial charge in [0.2, 0.25) is 0 Å². The minimum Gasteiger partial charge on any atom is -0.408 e. The van der Waals surface area contributed by atoms with Gasteiger partial charge < -0.3 is 14.6 Å². The normalized spacial score (nSPS) is 13.1. The van der Waals surface area contributed by atoms with E-state index in [0.717, 1.165) is 0 Å². The topological polar surface area (TPSA) is 86.5 Å². The Morgan fingerprint density at radius 3 is 3.00 bits per heavy atom. The molecular formula is C11H13NO4. The van der Waals surface area contributed by atoms with Crippen LogP contribution in [0.5, 0.6) is 0 Å². The van der Waals surface area contributed by atoms with Crippen molar-refractivity contribution < 1.29 is 14.6 Å². The molecule has 0 radical (unpaired) electrons. The first-order valence-electron chi connectivity index (χ1n) is 5.12. The monoisotopic (exact) mass is 223 g/mol. The van der Waals surface area contributed by atoms with Crippen LogP contribution in [0.15, 0.2) is 27.4 Å². The summed E-state index contributed by atoms with van der Waals surface area (Å²) in [6.07, 6.45) is 0.379. The maximum atomic E-state index is 10.9. The number of aromatic nitrogens is 1. The lowest BCUT2D eigenvalue weighted by Gasteiger charge is -2.09. The maximum absolute atomic E-state index is 10.9. The molecule has 2 rings (SSSR count). The van der Waals surface area contributed by atoms with Gasteiger partial charge in [0.1, 0.15) is 0 Å². The summed E-state index contributed by atoms with van der Waals surface area (Å²) in [5, 5.41) is 18.4. The number of fused-ring (bicyclic) bond motifs is 1. The molecule has 0 amide bonds.